The lowest BCUT2D eigenvalue weighted by Crippen LogP contribution is -2.22. The van der Waals surface area contributed by atoms with Crippen LogP contribution in [0.2, 0.25) is 0 Å². The highest BCUT2D eigenvalue weighted by Crippen LogP contribution is 2.29. The highest BCUT2D eigenvalue weighted by Gasteiger charge is 2.12. The Kier molecular flexibility index (Phi) is 13.8. The summed E-state index contributed by atoms with van der Waals surface area (Å²) in [4.78, 5) is 6.58. The van der Waals surface area contributed by atoms with Crippen molar-refractivity contribution in [2.45, 2.75) is 47.5 Å². The number of pyridine rings is 1. The lowest BCUT2D eigenvalue weighted by Gasteiger charge is -2.24. The molecule has 0 fully saturated rings. The van der Waals surface area contributed by atoms with E-state index in [1.54, 1.807) is 19.4 Å². The summed E-state index contributed by atoms with van der Waals surface area (Å²) in [7, 11) is 1.59. The SMILES string of the molecule is C=C(/C=C\C(=C/C)c1cnc(N)c(-c2ccc(NC/C(C)=C/N(/C=C(\C)c3ccc(C)cc3F)CC(CC)CCO)cc2)c1)OC. The number of ether oxygens (including phenoxy) is 1. The molecular weight excluding hydrogens is 575 g/mol. The first kappa shape index (κ1) is 35.9. The van der Waals surface area contributed by atoms with E-state index in [1.165, 1.54) is 0 Å². The summed E-state index contributed by atoms with van der Waals surface area (Å²) < 4.78 is 19.9. The number of aliphatic hydroxyl groups is 1. The molecular formula is C39H49FN4O2. The molecule has 0 aliphatic heterocycles. The molecule has 244 valence electrons. The molecule has 1 atom stereocenters. The average molecular weight is 625 g/mol. The van der Waals surface area contributed by atoms with E-state index in [0.717, 1.165) is 64.0 Å². The molecule has 0 aliphatic carbocycles. The standard InChI is InChI=1S/C39H49FN4O2/c1-8-31(18-19-45)26-44(25-29(5)36-17-10-27(3)20-38(36)40)24-28(4)22-42-35-15-13-33(14-16-35)37-21-34(23-43-39(37)41)32(9-2)12-11-30(6)46-7/h9-17,20-21,23-25,31,42,45H,6,8,18-19,22,26H2,1-5,7H3,(H2,41,43)/b12-11-,28-24+,29-25+,32-9+. The molecule has 0 saturated carbocycles. The number of hydrogen-bond acceptors (Lipinski definition) is 6. The van der Waals surface area contributed by atoms with Gasteiger partial charge in [0.05, 0.1) is 7.11 Å². The van der Waals surface area contributed by atoms with Crippen molar-refractivity contribution in [3.05, 3.63) is 126 Å². The van der Waals surface area contributed by atoms with Crippen molar-refractivity contribution in [2.24, 2.45) is 5.92 Å². The number of aryl methyl sites for hydroxylation is 1. The van der Waals surface area contributed by atoms with E-state index >= 15 is 0 Å². The van der Waals surface area contributed by atoms with E-state index in [1.807, 2.05) is 87.7 Å². The third kappa shape index (κ3) is 10.5. The summed E-state index contributed by atoms with van der Waals surface area (Å²) in [6, 6.07) is 15.5. The van der Waals surface area contributed by atoms with Gasteiger partial charge in [0.25, 0.3) is 0 Å². The molecule has 0 bridgehead atoms. The van der Waals surface area contributed by atoms with Gasteiger partial charge in [-0.25, -0.2) is 9.37 Å². The fourth-order valence-electron chi connectivity index (χ4n) is 5.12. The Morgan fingerprint density at radius 3 is 2.50 bits per heavy atom. The van der Waals surface area contributed by atoms with Gasteiger partial charge in [-0.2, -0.15) is 0 Å². The minimum atomic E-state index is -0.223. The van der Waals surface area contributed by atoms with Crippen LogP contribution in [0, 0.1) is 18.7 Å². The Labute approximate surface area is 274 Å². The monoisotopic (exact) mass is 624 g/mol. The van der Waals surface area contributed by atoms with Crippen LogP contribution in [0.1, 0.15) is 57.2 Å². The van der Waals surface area contributed by atoms with Crippen molar-refractivity contribution in [1.82, 2.24) is 9.88 Å². The summed E-state index contributed by atoms with van der Waals surface area (Å²) in [6.07, 6.45) is 13.3. The van der Waals surface area contributed by atoms with Crippen LogP contribution in [-0.2, 0) is 4.74 Å². The zero-order valence-electron chi connectivity index (χ0n) is 28.1. The quantitative estimate of drug-likeness (QED) is 0.109. The summed E-state index contributed by atoms with van der Waals surface area (Å²) in [5.74, 6) is 1.12. The van der Waals surface area contributed by atoms with E-state index < -0.39 is 0 Å². The zero-order valence-corrected chi connectivity index (χ0v) is 28.1. The Hall–Kier alpha value is -4.62. The van der Waals surface area contributed by atoms with Crippen molar-refractivity contribution in [2.75, 3.05) is 37.9 Å². The van der Waals surface area contributed by atoms with Crippen LogP contribution in [-0.4, -0.2) is 41.8 Å². The van der Waals surface area contributed by atoms with E-state index in [-0.39, 0.29) is 12.4 Å². The first-order valence-electron chi connectivity index (χ1n) is 15.7. The number of nitrogen functional groups attached to an aromatic ring is 1. The van der Waals surface area contributed by atoms with E-state index in [2.05, 4.69) is 41.8 Å². The molecule has 1 heterocycles. The molecule has 0 amide bonds. The number of rotatable bonds is 16. The van der Waals surface area contributed by atoms with Gasteiger partial charge in [-0.1, -0.05) is 56.3 Å². The number of hydrogen-bond donors (Lipinski definition) is 3. The molecule has 0 radical (unpaired) electrons. The number of halogens is 1. The Bertz CT molecular complexity index is 1590. The van der Waals surface area contributed by atoms with Gasteiger partial charge in [-0.15, -0.1) is 0 Å². The van der Waals surface area contributed by atoms with Crippen molar-refractivity contribution in [1.29, 1.82) is 0 Å². The zero-order chi connectivity index (χ0) is 33.6. The summed E-state index contributed by atoms with van der Waals surface area (Å²) in [6.45, 7) is 15.3. The lowest BCUT2D eigenvalue weighted by atomic mass is 10.0. The fourth-order valence-corrected chi connectivity index (χ4v) is 5.12. The smallest absolute Gasteiger partial charge is 0.131 e. The van der Waals surface area contributed by atoms with Crippen molar-refractivity contribution < 1.29 is 14.2 Å². The van der Waals surface area contributed by atoms with Crippen LogP contribution < -0.4 is 11.1 Å². The van der Waals surface area contributed by atoms with Gasteiger partial charge in [-0.3, -0.25) is 0 Å². The number of aliphatic hydroxyl groups excluding tert-OH is 1. The van der Waals surface area contributed by atoms with Crippen LogP contribution in [0.5, 0.6) is 0 Å². The highest BCUT2D eigenvalue weighted by molar-refractivity contribution is 5.82. The van der Waals surface area contributed by atoms with Crippen LogP contribution in [0.3, 0.4) is 0 Å². The topological polar surface area (TPSA) is 83.6 Å². The summed E-state index contributed by atoms with van der Waals surface area (Å²) in [5.41, 5.74) is 14.5. The number of allylic oxidation sites excluding steroid dienone is 5. The number of benzene rings is 2. The molecule has 46 heavy (non-hydrogen) atoms. The predicted octanol–water partition coefficient (Wildman–Crippen LogP) is 8.99. The predicted molar refractivity (Wildman–Crippen MR) is 192 cm³/mol. The first-order valence-corrected chi connectivity index (χ1v) is 15.7. The molecule has 1 aromatic heterocycles. The lowest BCUT2D eigenvalue weighted by molar-refractivity contribution is 0.238. The molecule has 1 unspecified atom stereocenters. The van der Waals surface area contributed by atoms with E-state index in [9.17, 15) is 9.50 Å². The minimum absolute atomic E-state index is 0.145. The van der Waals surface area contributed by atoms with Gasteiger partial charge in [-0.05, 0) is 98.2 Å². The van der Waals surface area contributed by atoms with Gasteiger partial charge in [0.15, 0.2) is 0 Å². The van der Waals surface area contributed by atoms with Gasteiger partial charge in [0.1, 0.15) is 17.4 Å². The van der Waals surface area contributed by atoms with Gasteiger partial charge < -0.3 is 25.8 Å². The third-order valence-corrected chi connectivity index (χ3v) is 7.92. The van der Waals surface area contributed by atoms with E-state index in [0.29, 0.717) is 29.6 Å². The number of nitrogens with one attached hydrogen (secondary N) is 1. The van der Waals surface area contributed by atoms with Crippen LogP contribution in [0.4, 0.5) is 15.9 Å². The highest BCUT2D eigenvalue weighted by atomic mass is 19.1. The molecule has 6 nitrogen and oxygen atoms in total. The number of nitrogens with zero attached hydrogens (tertiary/aromatic N) is 2. The third-order valence-electron chi connectivity index (χ3n) is 7.92. The average Bonchev–Trinajstić information content (AvgIpc) is 3.04. The molecule has 0 spiro atoms. The molecule has 0 saturated heterocycles. The Morgan fingerprint density at radius 2 is 1.87 bits per heavy atom. The second-order valence-electron chi connectivity index (χ2n) is 11.6. The molecule has 2 aromatic carbocycles. The number of aromatic nitrogens is 1. The molecule has 3 aromatic rings. The normalized spacial score (nSPS) is 13.2. The van der Waals surface area contributed by atoms with Crippen LogP contribution >= 0.6 is 0 Å². The Balaban J connectivity index is 1.77. The molecule has 0 aliphatic rings. The maximum Gasteiger partial charge on any atom is 0.131 e. The molecule has 3 rings (SSSR count). The summed E-state index contributed by atoms with van der Waals surface area (Å²) >= 11 is 0. The molecule has 4 N–H and O–H groups in total. The van der Waals surface area contributed by atoms with Gasteiger partial charge >= 0.3 is 0 Å². The first-order chi connectivity index (χ1) is 22.1. The maximum absolute atomic E-state index is 14.7. The fraction of sp³-hybridized carbons (Fsp3) is 0.308. The second kappa shape index (κ2) is 17.8. The number of anilines is 2. The van der Waals surface area contributed by atoms with Crippen molar-refractivity contribution in [3.63, 3.8) is 0 Å². The minimum Gasteiger partial charge on any atom is -0.497 e. The largest absolute Gasteiger partial charge is 0.497 e. The second-order valence-corrected chi connectivity index (χ2v) is 11.6. The van der Waals surface area contributed by atoms with Crippen molar-refractivity contribution in [3.8, 4) is 11.1 Å². The Morgan fingerprint density at radius 1 is 1.13 bits per heavy atom. The van der Waals surface area contributed by atoms with Gasteiger partial charge in [0, 0.05) is 60.7 Å². The van der Waals surface area contributed by atoms with Gasteiger partial charge in [0.2, 0.25) is 0 Å². The number of nitrogens with two attached hydrogens (primary N) is 1. The molecule has 7 heteroatoms. The maximum atomic E-state index is 14.7. The van der Waals surface area contributed by atoms with Crippen LogP contribution in [0.15, 0.2) is 103 Å². The summed E-state index contributed by atoms with van der Waals surface area (Å²) in [5, 5.41) is 13.1. The van der Waals surface area contributed by atoms with E-state index in [4.69, 9.17) is 10.5 Å². The van der Waals surface area contributed by atoms with Crippen molar-refractivity contribution >= 4 is 22.7 Å². The van der Waals surface area contributed by atoms with Crippen LogP contribution in [0.25, 0.3) is 22.3 Å². The number of methoxy groups -OCH3 is 1.